The maximum atomic E-state index is 13.0. The third-order valence-corrected chi connectivity index (χ3v) is 5.15. The lowest BCUT2D eigenvalue weighted by Crippen LogP contribution is -2.46. The SMILES string of the molecule is C[C@@H](CC(=O)N1C2CCC(C2)C1C#N)NCc1ccc(F)c(O)c1. The molecule has 3 rings (SSSR count). The molecule has 0 aromatic heterocycles. The Labute approximate surface area is 141 Å². The summed E-state index contributed by atoms with van der Waals surface area (Å²) in [5, 5.41) is 21.9. The van der Waals surface area contributed by atoms with Gasteiger partial charge in [-0.3, -0.25) is 4.79 Å². The summed E-state index contributed by atoms with van der Waals surface area (Å²) in [5.41, 5.74) is 0.753. The fourth-order valence-corrected chi connectivity index (χ4v) is 3.91. The van der Waals surface area contributed by atoms with Crippen LogP contribution in [0.15, 0.2) is 18.2 Å². The molecular formula is C18H22FN3O2. The highest BCUT2D eigenvalue weighted by atomic mass is 19.1. The molecule has 24 heavy (non-hydrogen) atoms. The summed E-state index contributed by atoms with van der Waals surface area (Å²) in [6, 6.07) is 6.39. The summed E-state index contributed by atoms with van der Waals surface area (Å²) in [4.78, 5) is 14.4. The van der Waals surface area contributed by atoms with Crippen molar-refractivity contribution in [3.05, 3.63) is 29.6 Å². The molecule has 2 aliphatic rings. The quantitative estimate of drug-likeness (QED) is 0.868. The van der Waals surface area contributed by atoms with E-state index in [2.05, 4.69) is 11.4 Å². The number of aromatic hydroxyl groups is 1. The predicted octanol–water partition coefficient (Wildman–Crippen LogP) is 2.30. The number of nitrogens with zero attached hydrogens (tertiary/aromatic N) is 2. The van der Waals surface area contributed by atoms with Crippen molar-refractivity contribution in [2.45, 2.75) is 57.3 Å². The van der Waals surface area contributed by atoms with Gasteiger partial charge in [0.2, 0.25) is 5.91 Å². The molecule has 1 aromatic rings. The number of fused-ring (bicyclic) bond motifs is 2. The summed E-state index contributed by atoms with van der Waals surface area (Å²) < 4.78 is 13.0. The number of halogens is 1. The predicted molar refractivity (Wildman–Crippen MR) is 86.4 cm³/mol. The zero-order valence-corrected chi connectivity index (χ0v) is 13.7. The van der Waals surface area contributed by atoms with Crippen LogP contribution in [0.25, 0.3) is 0 Å². The van der Waals surface area contributed by atoms with E-state index in [1.54, 1.807) is 11.0 Å². The highest BCUT2D eigenvalue weighted by Crippen LogP contribution is 2.42. The molecule has 5 nitrogen and oxygen atoms in total. The first-order valence-corrected chi connectivity index (χ1v) is 8.41. The van der Waals surface area contributed by atoms with E-state index in [4.69, 9.17) is 0 Å². The number of carbonyl (C=O) groups is 1. The second kappa shape index (κ2) is 6.78. The number of benzene rings is 1. The van der Waals surface area contributed by atoms with Gasteiger partial charge in [-0.1, -0.05) is 6.07 Å². The number of nitriles is 1. The van der Waals surface area contributed by atoms with Crippen LogP contribution < -0.4 is 5.32 Å². The molecule has 0 spiro atoms. The van der Waals surface area contributed by atoms with Crippen LogP contribution >= 0.6 is 0 Å². The van der Waals surface area contributed by atoms with Crippen LogP contribution in [0.4, 0.5) is 4.39 Å². The number of rotatable bonds is 5. The van der Waals surface area contributed by atoms with Gasteiger partial charge in [0.05, 0.1) is 6.07 Å². The number of hydrogen-bond acceptors (Lipinski definition) is 4. The molecule has 3 unspecified atom stereocenters. The summed E-state index contributed by atoms with van der Waals surface area (Å²) in [6.45, 7) is 2.35. The zero-order valence-electron chi connectivity index (χ0n) is 13.7. The average Bonchev–Trinajstić information content (AvgIpc) is 3.16. The lowest BCUT2D eigenvalue weighted by Gasteiger charge is -2.32. The van der Waals surface area contributed by atoms with Gasteiger partial charge in [0.1, 0.15) is 6.04 Å². The van der Waals surface area contributed by atoms with E-state index in [0.717, 1.165) is 24.8 Å². The van der Waals surface area contributed by atoms with Crippen molar-refractivity contribution in [2.24, 2.45) is 5.92 Å². The van der Waals surface area contributed by atoms with Crippen LogP contribution in [-0.2, 0) is 11.3 Å². The summed E-state index contributed by atoms with van der Waals surface area (Å²) >= 11 is 0. The number of piperidine rings is 1. The lowest BCUT2D eigenvalue weighted by atomic mass is 9.99. The van der Waals surface area contributed by atoms with Crippen molar-refractivity contribution in [1.82, 2.24) is 10.2 Å². The Morgan fingerprint density at radius 3 is 3.04 bits per heavy atom. The number of likely N-dealkylation sites (tertiary alicyclic amines) is 1. The summed E-state index contributed by atoms with van der Waals surface area (Å²) in [7, 11) is 0. The van der Waals surface area contributed by atoms with Crippen molar-refractivity contribution in [3.63, 3.8) is 0 Å². The van der Waals surface area contributed by atoms with Crippen molar-refractivity contribution >= 4 is 5.91 Å². The average molecular weight is 331 g/mol. The van der Waals surface area contributed by atoms with Crippen LogP contribution in [0.2, 0.25) is 0 Å². The van der Waals surface area contributed by atoms with E-state index < -0.39 is 5.82 Å². The minimum atomic E-state index is -0.645. The third kappa shape index (κ3) is 3.22. The van der Waals surface area contributed by atoms with E-state index in [1.807, 2.05) is 6.92 Å². The Morgan fingerprint density at radius 2 is 2.33 bits per heavy atom. The van der Waals surface area contributed by atoms with Crippen LogP contribution in [0.5, 0.6) is 5.75 Å². The Balaban J connectivity index is 1.53. The molecule has 1 heterocycles. The molecule has 1 aliphatic heterocycles. The van der Waals surface area contributed by atoms with E-state index in [-0.39, 0.29) is 29.8 Å². The number of phenols is 1. The van der Waals surface area contributed by atoms with Crippen molar-refractivity contribution in [1.29, 1.82) is 5.26 Å². The second-order valence-electron chi connectivity index (χ2n) is 6.87. The van der Waals surface area contributed by atoms with Crippen LogP contribution in [-0.4, -0.2) is 34.0 Å². The van der Waals surface area contributed by atoms with Crippen molar-refractivity contribution < 1.29 is 14.3 Å². The minimum absolute atomic E-state index is 0.0238. The van der Waals surface area contributed by atoms with Crippen molar-refractivity contribution in [2.75, 3.05) is 0 Å². The van der Waals surface area contributed by atoms with Gasteiger partial charge < -0.3 is 15.3 Å². The number of nitrogens with one attached hydrogen (secondary N) is 1. The molecule has 6 heteroatoms. The fourth-order valence-electron chi connectivity index (χ4n) is 3.91. The standard InChI is InChI=1S/C18H22FN3O2/c1-11(21-10-12-2-5-15(19)17(23)7-12)6-18(24)22-14-4-3-13(8-14)16(22)9-20/h2,5,7,11,13-14,16,21,23H,3-4,6,8,10H2,1H3/t11-,13?,14?,16?/m0/s1. The Hall–Kier alpha value is -2.13. The van der Waals surface area contributed by atoms with Gasteiger partial charge in [-0.25, -0.2) is 4.39 Å². The van der Waals surface area contributed by atoms with Gasteiger partial charge in [-0.05, 0) is 49.8 Å². The molecule has 1 saturated heterocycles. The molecule has 1 aliphatic carbocycles. The second-order valence-corrected chi connectivity index (χ2v) is 6.87. The van der Waals surface area contributed by atoms with Gasteiger partial charge in [0.25, 0.3) is 0 Å². The van der Waals surface area contributed by atoms with Gasteiger partial charge >= 0.3 is 0 Å². The van der Waals surface area contributed by atoms with E-state index >= 15 is 0 Å². The maximum absolute atomic E-state index is 13.0. The molecule has 4 atom stereocenters. The highest BCUT2D eigenvalue weighted by Gasteiger charge is 2.48. The van der Waals surface area contributed by atoms with Crippen molar-refractivity contribution in [3.8, 4) is 11.8 Å². The van der Waals surface area contributed by atoms with Crippen LogP contribution in [0, 0.1) is 23.1 Å². The zero-order chi connectivity index (χ0) is 17.3. The normalized spacial score (nSPS) is 26.4. The number of amides is 1. The first kappa shape index (κ1) is 16.7. The third-order valence-electron chi connectivity index (χ3n) is 5.15. The molecule has 1 saturated carbocycles. The monoisotopic (exact) mass is 331 g/mol. The first-order chi connectivity index (χ1) is 11.5. The number of phenolic OH excluding ortho intramolecular Hbond substituents is 1. The topological polar surface area (TPSA) is 76.4 Å². The molecule has 1 amide bonds. The fraction of sp³-hybridized carbons (Fsp3) is 0.556. The highest BCUT2D eigenvalue weighted by molar-refractivity contribution is 5.78. The van der Waals surface area contributed by atoms with E-state index in [0.29, 0.717) is 18.9 Å². The smallest absolute Gasteiger partial charge is 0.225 e. The summed E-state index contributed by atoms with van der Waals surface area (Å²) in [5.74, 6) is -0.651. The van der Waals surface area contributed by atoms with Gasteiger partial charge in [-0.15, -0.1) is 0 Å². The minimum Gasteiger partial charge on any atom is -0.505 e. The Bertz CT molecular complexity index is 673. The van der Waals surface area contributed by atoms with Crippen LogP contribution in [0.1, 0.15) is 38.2 Å². The first-order valence-electron chi connectivity index (χ1n) is 8.41. The largest absolute Gasteiger partial charge is 0.505 e. The molecule has 0 radical (unpaired) electrons. The number of carbonyl (C=O) groups excluding carboxylic acids is 1. The number of hydrogen-bond donors (Lipinski definition) is 2. The van der Waals surface area contributed by atoms with Gasteiger partial charge in [0, 0.05) is 25.0 Å². The van der Waals surface area contributed by atoms with Gasteiger partial charge in [-0.2, -0.15) is 5.26 Å². The molecule has 2 fully saturated rings. The molecule has 2 N–H and O–H groups in total. The molecule has 2 bridgehead atoms. The maximum Gasteiger partial charge on any atom is 0.225 e. The Kier molecular flexibility index (Phi) is 4.72. The lowest BCUT2D eigenvalue weighted by molar-refractivity contribution is -0.134. The molecular weight excluding hydrogens is 309 g/mol. The van der Waals surface area contributed by atoms with E-state index in [9.17, 15) is 19.6 Å². The summed E-state index contributed by atoms with van der Waals surface area (Å²) in [6.07, 6.45) is 3.34. The molecule has 128 valence electrons. The van der Waals surface area contributed by atoms with Crippen LogP contribution in [0.3, 0.4) is 0 Å². The molecule has 1 aromatic carbocycles. The van der Waals surface area contributed by atoms with Gasteiger partial charge in [0.15, 0.2) is 11.6 Å². The van der Waals surface area contributed by atoms with E-state index in [1.165, 1.54) is 12.1 Å². The Morgan fingerprint density at radius 1 is 1.54 bits per heavy atom.